The van der Waals surface area contributed by atoms with E-state index in [1.54, 1.807) is 48.0 Å². The van der Waals surface area contributed by atoms with E-state index in [2.05, 4.69) is 9.98 Å². The Morgan fingerprint density at radius 3 is 2.73 bits per heavy atom. The van der Waals surface area contributed by atoms with E-state index in [0.717, 1.165) is 11.1 Å². The molecule has 1 heterocycles. The van der Waals surface area contributed by atoms with Gasteiger partial charge in [-0.15, -0.1) is 11.3 Å². The lowest BCUT2D eigenvalue weighted by Crippen LogP contribution is -1.85. The minimum Gasteiger partial charge on any atom is -0.508 e. The Balaban J connectivity index is 1.84. The van der Waals surface area contributed by atoms with Crippen LogP contribution in [-0.4, -0.2) is 16.3 Å². The van der Waals surface area contributed by atoms with Crippen LogP contribution in [-0.2, 0) is 0 Å². The van der Waals surface area contributed by atoms with Crippen molar-refractivity contribution in [2.45, 2.75) is 6.92 Å². The number of thiazole rings is 1. The van der Waals surface area contributed by atoms with Gasteiger partial charge in [0, 0.05) is 17.2 Å². The number of phenols is 1. The summed E-state index contributed by atoms with van der Waals surface area (Å²) < 4.78 is 13.9. The largest absolute Gasteiger partial charge is 0.508 e. The number of phenolic OH excluding ortho intramolecular Hbond substituents is 1. The maximum absolute atomic E-state index is 13.9. The summed E-state index contributed by atoms with van der Waals surface area (Å²) in [5.74, 6) is -0.0754. The lowest BCUT2D eigenvalue weighted by atomic mass is 10.1. The van der Waals surface area contributed by atoms with Gasteiger partial charge in [0.2, 0.25) is 5.13 Å². The van der Waals surface area contributed by atoms with Crippen LogP contribution in [0.1, 0.15) is 11.1 Å². The van der Waals surface area contributed by atoms with Crippen molar-refractivity contribution in [1.82, 2.24) is 4.98 Å². The molecule has 0 aliphatic heterocycles. The molecule has 0 fully saturated rings. The summed E-state index contributed by atoms with van der Waals surface area (Å²) in [6.45, 7) is 1.92. The first-order chi connectivity index (χ1) is 10.6. The molecule has 1 aromatic heterocycles. The number of hydrogen-bond acceptors (Lipinski definition) is 4. The second-order valence-electron chi connectivity index (χ2n) is 4.85. The maximum atomic E-state index is 13.9. The summed E-state index contributed by atoms with van der Waals surface area (Å²) >= 11 is 1.36. The van der Waals surface area contributed by atoms with Crippen LogP contribution in [0.4, 0.5) is 9.52 Å². The molecule has 0 atom stereocenters. The highest BCUT2D eigenvalue weighted by atomic mass is 32.1. The topological polar surface area (TPSA) is 45.5 Å². The molecule has 5 heteroatoms. The number of benzene rings is 2. The molecular weight excluding hydrogens is 299 g/mol. The van der Waals surface area contributed by atoms with Gasteiger partial charge in [0.05, 0.1) is 5.69 Å². The Labute approximate surface area is 131 Å². The maximum Gasteiger partial charge on any atom is 0.209 e. The van der Waals surface area contributed by atoms with Gasteiger partial charge < -0.3 is 5.11 Å². The second-order valence-corrected chi connectivity index (χ2v) is 5.68. The molecule has 22 heavy (non-hydrogen) atoms. The molecule has 3 nitrogen and oxygen atoms in total. The summed E-state index contributed by atoms with van der Waals surface area (Å²) in [5.41, 5.74) is 2.92. The van der Waals surface area contributed by atoms with E-state index in [-0.39, 0.29) is 11.6 Å². The van der Waals surface area contributed by atoms with E-state index in [1.165, 1.54) is 17.4 Å². The minimum atomic E-state index is -0.287. The summed E-state index contributed by atoms with van der Waals surface area (Å²) in [4.78, 5) is 8.63. The van der Waals surface area contributed by atoms with Crippen molar-refractivity contribution >= 4 is 22.7 Å². The van der Waals surface area contributed by atoms with Crippen molar-refractivity contribution in [3.8, 4) is 17.0 Å². The molecule has 0 aliphatic carbocycles. The molecule has 110 valence electrons. The predicted molar refractivity (Wildman–Crippen MR) is 87.6 cm³/mol. The van der Waals surface area contributed by atoms with Crippen LogP contribution < -0.4 is 0 Å². The number of rotatable bonds is 3. The highest BCUT2D eigenvalue weighted by Gasteiger charge is 2.09. The lowest BCUT2D eigenvalue weighted by molar-refractivity contribution is 0.475. The van der Waals surface area contributed by atoms with Crippen molar-refractivity contribution < 1.29 is 9.50 Å². The van der Waals surface area contributed by atoms with Crippen LogP contribution in [0.25, 0.3) is 11.3 Å². The predicted octanol–water partition coefficient (Wildman–Crippen LogP) is 4.71. The van der Waals surface area contributed by atoms with Crippen LogP contribution in [0, 0.1) is 12.7 Å². The van der Waals surface area contributed by atoms with Gasteiger partial charge in [0.25, 0.3) is 0 Å². The van der Waals surface area contributed by atoms with E-state index < -0.39 is 0 Å². The summed E-state index contributed by atoms with van der Waals surface area (Å²) in [6, 6.07) is 11.7. The third kappa shape index (κ3) is 3.20. The lowest BCUT2D eigenvalue weighted by Gasteiger charge is -2.00. The first kappa shape index (κ1) is 14.4. The monoisotopic (exact) mass is 312 g/mol. The number of halogens is 1. The first-order valence-electron chi connectivity index (χ1n) is 6.67. The quantitative estimate of drug-likeness (QED) is 0.712. The van der Waals surface area contributed by atoms with Crippen LogP contribution in [0.15, 0.2) is 52.8 Å². The minimum absolute atomic E-state index is 0.212. The zero-order chi connectivity index (χ0) is 15.5. The van der Waals surface area contributed by atoms with Gasteiger partial charge in [-0.1, -0.05) is 11.6 Å². The van der Waals surface area contributed by atoms with Crippen LogP contribution in [0.2, 0.25) is 0 Å². The van der Waals surface area contributed by atoms with Crippen molar-refractivity contribution in [1.29, 1.82) is 0 Å². The fourth-order valence-corrected chi connectivity index (χ4v) is 2.63. The molecule has 0 bridgehead atoms. The summed E-state index contributed by atoms with van der Waals surface area (Å²) in [5, 5.41) is 11.6. The fourth-order valence-electron chi connectivity index (χ4n) is 1.97. The zero-order valence-corrected chi connectivity index (χ0v) is 12.6. The van der Waals surface area contributed by atoms with Crippen molar-refractivity contribution in [3.63, 3.8) is 0 Å². The molecule has 3 aromatic rings. The molecule has 1 N–H and O–H groups in total. The molecule has 0 aliphatic rings. The molecule has 2 aromatic carbocycles. The van der Waals surface area contributed by atoms with Gasteiger partial charge >= 0.3 is 0 Å². The van der Waals surface area contributed by atoms with Crippen LogP contribution >= 0.6 is 11.3 Å². The molecule has 0 saturated carbocycles. The van der Waals surface area contributed by atoms with E-state index in [0.29, 0.717) is 16.4 Å². The smallest absolute Gasteiger partial charge is 0.209 e. The van der Waals surface area contributed by atoms with Crippen LogP contribution in [0.3, 0.4) is 0 Å². The van der Waals surface area contributed by atoms with E-state index in [9.17, 15) is 9.50 Å². The number of hydrogen-bond donors (Lipinski definition) is 1. The van der Waals surface area contributed by atoms with Crippen molar-refractivity contribution in [3.05, 3.63) is 64.8 Å². The van der Waals surface area contributed by atoms with Gasteiger partial charge in [-0.3, -0.25) is 0 Å². The fraction of sp³-hybridized carbons (Fsp3) is 0.0588. The number of aryl methyl sites for hydroxylation is 1. The number of aromatic hydroxyl groups is 1. The third-order valence-corrected chi connectivity index (χ3v) is 3.86. The van der Waals surface area contributed by atoms with E-state index >= 15 is 0 Å². The van der Waals surface area contributed by atoms with Crippen LogP contribution in [0.5, 0.6) is 5.75 Å². The van der Waals surface area contributed by atoms with Gasteiger partial charge in [0.1, 0.15) is 11.6 Å². The third-order valence-electron chi connectivity index (χ3n) is 3.11. The van der Waals surface area contributed by atoms with E-state index in [4.69, 9.17) is 0 Å². The van der Waals surface area contributed by atoms with E-state index in [1.807, 2.05) is 6.92 Å². The molecule has 0 amide bonds. The highest BCUT2D eigenvalue weighted by molar-refractivity contribution is 7.13. The summed E-state index contributed by atoms with van der Waals surface area (Å²) in [6.07, 6.45) is 1.66. The normalized spacial score (nSPS) is 11.2. The molecule has 0 spiro atoms. The average molecular weight is 312 g/mol. The Hall–Kier alpha value is -2.53. The molecule has 3 rings (SSSR count). The Morgan fingerprint density at radius 2 is 1.95 bits per heavy atom. The van der Waals surface area contributed by atoms with Crippen molar-refractivity contribution in [2.75, 3.05) is 0 Å². The highest BCUT2D eigenvalue weighted by Crippen LogP contribution is 2.29. The molecular formula is C17H13FN2OS. The number of nitrogens with zero attached hydrogens (tertiary/aromatic N) is 2. The Bertz CT molecular complexity index is 825. The van der Waals surface area contributed by atoms with Gasteiger partial charge in [-0.2, -0.15) is 0 Å². The SMILES string of the molecule is Cc1ccc(F)c(-c2csc(/N=C/c3ccc(O)cc3)n2)c1. The Morgan fingerprint density at radius 1 is 1.18 bits per heavy atom. The van der Waals surface area contributed by atoms with Gasteiger partial charge in [0.15, 0.2) is 0 Å². The van der Waals surface area contributed by atoms with Gasteiger partial charge in [-0.25, -0.2) is 14.4 Å². The summed E-state index contributed by atoms with van der Waals surface area (Å²) in [7, 11) is 0. The number of aromatic nitrogens is 1. The molecule has 0 radical (unpaired) electrons. The molecule has 0 saturated heterocycles. The number of aliphatic imine (C=N–C) groups is 1. The van der Waals surface area contributed by atoms with Crippen molar-refractivity contribution in [2.24, 2.45) is 4.99 Å². The Kier molecular flexibility index (Phi) is 3.98. The van der Waals surface area contributed by atoms with Gasteiger partial charge in [-0.05, 0) is 48.9 Å². The second kappa shape index (κ2) is 6.07. The standard InChI is InChI=1S/C17H13FN2OS/c1-11-2-7-15(18)14(8-11)16-10-22-17(20-16)19-9-12-3-5-13(21)6-4-12/h2-10,21H,1H3/b19-9+. The average Bonchev–Trinajstić information content (AvgIpc) is 2.98. The first-order valence-corrected chi connectivity index (χ1v) is 7.55. The molecule has 0 unspecified atom stereocenters. The zero-order valence-electron chi connectivity index (χ0n) is 11.8.